The standard InChI is InChI=1S/C14H14S/c1-2-4-9-13-11(7-3-1)12-8-5-6-10-14(12)15-13/h1-4,7,9H,5-6,8,10H2/b2-1?,3-1?,4-2?,7-3-,9-4?,11-7?,13-9?. The lowest BCUT2D eigenvalue weighted by molar-refractivity contribution is 0.696. The molecular formula is C14H14S. The number of rotatable bonds is 0. The highest BCUT2D eigenvalue weighted by Crippen LogP contribution is 2.36. The first kappa shape index (κ1) is 9.17. The van der Waals surface area contributed by atoms with Crippen molar-refractivity contribution in [1.82, 2.24) is 0 Å². The molecule has 2 aliphatic rings. The van der Waals surface area contributed by atoms with Gasteiger partial charge in [-0.2, -0.15) is 0 Å². The van der Waals surface area contributed by atoms with Gasteiger partial charge >= 0.3 is 0 Å². The van der Waals surface area contributed by atoms with E-state index in [1.807, 2.05) is 11.3 Å². The van der Waals surface area contributed by atoms with E-state index in [-0.39, 0.29) is 0 Å². The third-order valence-electron chi connectivity index (χ3n) is 3.08. The van der Waals surface area contributed by atoms with Crippen LogP contribution in [0.1, 0.15) is 33.7 Å². The molecule has 15 heavy (non-hydrogen) atoms. The summed E-state index contributed by atoms with van der Waals surface area (Å²) >= 11 is 1.99. The van der Waals surface area contributed by atoms with Gasteiger partial charge in [0.05, 0.1) is 0 Å². The molecule has 1 heteroatoms. The van der Waals surface area contributed by atoms with Crippen LogP contribution in [0.15, 0.2) is 24.3 Å². The molecule has 1 aromatic heterocycles. The Morgan fingerprint density at radius 2 is 1.67 bits per heavy atom. The van der Waals surface area contributed by atoms with Gasteiger partial charge in [-0.25, -0.2) is 0 Å². The van der Waals surface area contributed by atoms with Crippen LogP contribution < -0.4 is 0 Å². The summed E-state index contributed by atoms with van der Waals surface area (Å²) in [6.45, 7) is 0. The Labute approximate surface area is 94.6 Å². The molecule has 0 bridgehead atoms. The lowest BCUT2D eigenvalue weighted by atomic mass is 9.94. The summed E-state index contributed by atoms with van der Waals surface area (Å²) in [5.74, 6) is 0. The summed E-state index contributed by atoms with van der Waals surface area (Å²) in [5, 5.41) is 0. The zero-order valence-corrected chi connectivity index (χ0v) is 9.52. The summed E-state index contributed by atoms with van der Waals surface area (Å²) in [7, 11) is 0. The van der Waals surface area contributed by atoms with Crippen LogP contribution in [0.2, 0.25) is 0 Å². The second kappa shape index (κ2) is 3.82. The average molecular weight is 214 g/mol. The Kier molecular flexibility index (Phi) is 2.34. The monoisotopic (exact) mass is 214 g/mol. The number of fused-ring (bicyclic) bond motifs is 3. The van der Waals surface area contributed by atoms with Crippen molar-refractivity contribution in [3.05, 3.63) is 45.2 Å². The van der Waals surface area contributed by atoms with Crippen LogP contribution in [0.4, 0.5) is 0 Å². The Morgan fingerprint density at radius 1 is 0.867 bits per heavy atom. The van der Waals surface area contributed by atoms with E-state index in [1.165, 1.54) is 36.1 Å². The van der Waals surface area contributed by atoms with Gasteiger partial charge in [-0.05, 0) is 42.9 Å². The molecular weight excluding hydrogens is 200 g/mol. The molecule has 76 valence electrons. The van der Waals surface area contributed by atoms with Gasteiger partial charge in [0, 0.05) is 9.75 Å². The van der Waals surface area contributed by atoms with Crippen molar-refractivity contribution < 1.29 is 0 Å². The Hall–Kier alpha value is -1.08. The third-order valence-corrected chi connectivity index (χ3v) is 4.36. The van der Waals surface area contributed by atoms with Gasteiger partial charge in [0.1, 0.15) is 0 Å². The van der Waals surface area contributed by atoms with Crippen molar-refractivity contribution in [3.8, 4) is 0 Å². The van der Waals surface area contributed by atoms with E-state index in [4.69, 9.17) is 0 Å². The third kappa shape index (κ3) is 1.61. The average Bonchev–Trinajstić information content (AvgIpc) is 2.55. The predicted octanol–water partition coefficient (Wildman–Crippen LogP) is 4.22. The van der Waals surface area contributed by atoms with Gasteiger partial charge in [0.15, 0.2) is 0 Å². The number of hydrogen-bond acceptors (Lipinski definition) is 1. The SMILES string of the molecule is C1=C/C=C\c2c(sc3c2CCCC3)C=C1. The van der Waals surface area contributed by atoms with Crippen LogP contribution >= 0.6 is 11.3 Å². The number of allylic oxidation sites excluding steroid dienone is 4. The molecule has 1 aromatic rings. The summed E-state index contributed by atoms with van der Waals surface area (Å²) < 4.78 is 0. The van der Waals surface area contributed by atoms with Gasteiger partial charge in [0.2, 0.25) is 0 Å². The van der Waals surface area contributed by atoms with Crippen molar-refractivity contribution in [2.45, 2.75) is 25.7 Å². The first-order valence-electron chi connectivity index (χ1n) is 5.61. The van der Waals surface area contributed by atoms with Crippen molar-refractivity contribution in [3.63, 3.8) is 0 Å². The molecule has 0 saturated carbocycles. The van der Waals surface area contributed by atoms with Gasteiger partial charge in [-0.3, -0.25) is 0 Å². The van der Waals surface area contributed by atoms with Crippen molar-refractivity contribution in [1.29, 1.82) is 0 Å². The normalized spacial score (nSPS) is 20.3. The molecule has 0 atom stereocenters. The van der Waals surface area contributed by atoms with Gasteiger partial charge in [-0.1, -0.05) is 30.4 Å². The lowest BCUT2D eigenvalue weighted by Gasteiger charge is -2.11. The molecule has 0 saturated heterocycles. The van der Waals surface area contributed by atoms with Crippen LogP contribution in [0, 0.1) is 0 Å². The van der Waals surface area contributed by atoms with Crippen LogP contribution in [-0.4, -0.2) is 0 Å². The molecule has 0 aromatic carbocycles. The largest absolute Gasteiger partial charge is 0.140 e. The minimum atomic E-state index is 1.28. The molecule has 0 fully saturated rings. The van der Waals surface area contributed by atoms with Crippen LogP contribution in [0.5, 0.6) is 0 Å². The summed E-state index contributed by atoms with van der Waals surface area (Å²) in [6.07, 6.45) is 18.3. The van der Waals surface area contributed by atoms with E-state index in [9.17, 15) is 0 Å². The molecule has 2 aliphatic carbocycles. The minimum absolute atomic E-state index is 1.28. The fourth-order valence-electron chi connectivity index (χ4n) is 2.34. The van der Waals surface area contributed by atoms with Crippen LogP contribution in [-0.2, 0) is 12.8 Å². The second-order valence-corrected chi connectivity index (χ2v) is 5.23. The molecule has 0 nitrogen and oxygen atoms in total. The number of hydrogen-bond donors (Lipinski definition) is 0. The number of thiophene rings is 1. The molecule has 0 spiro atoms. The van der Waals surface area contributed by atoms with Crippen LogP contribution in [0.25, 0.3) is 12.2 Å². The fraction of sp³-hybridized carbons (Fsp3) is 0.286. The first-order chi connectivity index (χ1) is 7.45. The number of aryl methyl sites for hydroxylation is 1. The maximum Gasteiger partial charge on any atom is 0.0348 e. The van der Waals surface area contributed by atoms with Gasteiger partial charge in [-0.15, -0.1) is 11.3 Å². The highest BCUT2D eigenvalue weighted by Gasteiger charge is 2.17. The Morgan fingerprint density at radius 3 is 2.60 bits per heavy atom. The molecule has 0 radical (unpaired) electrons. The first-order valence-corrected chi connectivity index (χ1v) is 6.43. The lowest BCUT2D eigenvalue weighted by Crippen LogP contribution is -1.99. The zero-order chi connectivity index (χ0) is 10.1. The summed E-state index contributed by atoms with van der Waals surface area (Å²) in [5.41, 5.74) is 3.10. The van der Waals surface area contributed by atoms with E-state index >= 15 is 0 Å². The summed E-state index contributed by atoms with van der Waals surface area (Å²) in [4.78, 5) is 3.07. The Balaban J connectivity index is 2.16. The van der Waals surface area contributed by atoms with E-state index in [2.05, 4.69) is 36.5 Å². The van der Waals surface area contributed by atoms with Crippen molar-refractivity contribution in [2.24, 2.45) is 0 Å². The molecule has 0 unspecified atom stereocenters. The molecule has 0 amide bonds. The van der Waals surface area contributed by atoms with E-state index in [0.717, 1.165) is 0 Å². The highest BCUT2D eigenvalue weighted by atomic mass is 32.1. The quantitative estimate of drug-likeness (QED) is 0.606. The zero-order valence-electron chi connectivity index (χ0n) is 8.70. The van der Waals surface area contributed by atoms with Crippen molar-refractivity contribution in [2.75, 3.05) is 0 Å². The van der Waals surface area contributed by atoms with Gasteiger partial charge in [0.25, 0.3) is 0 Å². The molecule has 0 N–H and O–H groups in total. The maximum absolute atomic E-state index is 2.27. The molecule has 0 aliphatic heterocycles. The summed E-state index contributed by atoms with van der Waals surface area (Å²) in [6, 6.07) is 0. The van der Waals surface area contributed by atoms with Gasteiger partial charge < -0.3 is 0 Å². The molecule has 3 rings (SSSR count). The minimum Gasteiger partial charge on any atom is -0.140 e. The maximum atomic E-state index is 2.27. The van der Waals surface area contributed by atoms with Crippen molar-refractivity contribution >= 4 is 23.5 Å². The fourth-order valence-corrected chi connectivity index (χ4v) is 3.64. The van der Waals surface area contributed by atoms with E-state index < -0.39 is 0 Å². The second-order valence-electron chi connectivity index (χ2n) is 4.09. The smallest absolute Gasteiger partial charge is 0.0348 e. The van der Waals surface area contributed by atoms with E-state index in [1.54, 1.807) is 10.4 Å². The highest BCUT2D eigenvalue weighted by molar-refractivity contribution is 7.13. The Bertz CT molecular complexity index is 458. The van der Waals surface area contributed by atoms with Crippen LogP contribution in [0.3, 0.4) is 0 Å². The molecule has 1 heterocycles. The predicted molar refractivity (Wildman–Crippen MR) is 68.2 cm³/mol. The topological polar surface area (TPSA) is 0 Å². The van der Waals surface area contributed by atoms with E-state index in [0.29, 0.717) is 0 Å².